The fourth-order valence-corrected chi connectivity index (χ4v) is 4.63. The summed E-state index contributed by atoms with van der Waals surface area (Å²) >= 11 is 1.37. The topological polar surface area (TPSA) is 79.7 Å². The summed E-state index contributed by atoms with van der Waals surface area (Å²) in [4.78, 5) is 33.4. The number of aromatic nitrogens is 2. The number of likely N-dealkylation sites (N-methyl/N-ethyl adjacent to an activating group) is 2. The fourth-order valence-electron chi connectivity index (χ4n) is 3.90. The number of carbonyl (C=O) groups is 2. The Hall–Kier alpha value is -3.46. The first-order valence-corrected chi connectivity index (χ1v) is 12.2. The molecule has 1 aliphatic heterocycles. The van der Waals surface area contributed by atoms with E-state index in [-0.39, 0.29) is 23.7 Å². The molecule has 1 aliphatic rings. The van der Waals surface area contributed by atoms with Gasteiger partial charge in [0.25, 0.3) is 5.91 Å². The predicted octanol–water partition coefficient (Wildman–Crippen LogP) is 3.51. The first-order chi connectivity index (χ1) is 16.4. The fraction of sp³-hybridized carbons (Fsp3) is 0.320. The maximum Gasteiger partial charge on any atom is 0.253 e. The molecule has 1 N–H and O–H groups in total. The van der Waals surface area contributed by atoms with Crippen molar-refractivity contribution >= 4 is 35.0 Å². The van der Waals surface area contributed by atoms with Crippen molar-refractivity contribution in [2.75, 3.05) is 42.7 Å². The first-order valence-electron chi connectivity index (χ1n) is 11.2. The third-order valence-corrected chi connectivity index (χ3v) is 6.71. The molecule has 0 spiro atoms. The van der Waals surface area contributed by atoms with Crippen molar-refractivity contribution < 1.29 is 14.3 Å². The summed E-state index contributed by atoms with van der Waals surface area (Å²) < 4.78 is 8.02. The van der Waals surface area contributed by atoms with Crippen LogP contribution < -0.4 is 15.0 Å². The Balaban J connectivity index is 1.30. The number of fused-ring (bicyclic) bond motifs is 1. The highest BCUT2D eigenvalue weighted by atomic mass is 32.2. The molecular formula is C25H29N5O3S. The van der Waals surface area contributed by atoms with E-state index in [1.165, 1.54) is 11.8 Å². The SMILES string of the molecule is CCN1CC(CN(C)C(=O)c2ccc(NC(=O)CSc3nccn3C)cc2)Oc2ccccc21. The third kappa shape index (κ3) is 5.53. The smallest absolute Gasteiger partial charge is 0.253 e. The van der Waals surface area contributed by atoms with Crippen LogP contribution in [0.1, 0.15) is 17.3 Å². The van der Waals surface area contributed by atoms with Gasteiger partial charge in [-0.1, -0.05) is 23.9 Å². The van der Waals surface area contributed by atoms with Crippen molar-refractivity contribution in [2.24, 2.45) is 7.05 Å². The van der Waals surface area contributed by atoms with Crippen LogP contribution in [0.3, 0.4) is 0 Å². The summed E-state index contributed by atoms with van der Waals surface area (Å²) in [7, 11) is 3.67. The molecule has 2 heterocycles. The Labute approximate surface area is 203 Å². The maximum absolute atomic E-state index is 13.0. The van der Waals surface area contributed by atoms with Crippen molar-refractivity contribution in [1.29, 1.82) is 0 Å². The second-order valence-corrected chi connectivity index (χ2v) is 9.11. The number of anilines is 2. The minimum atomic E-state index is -0.126. The van der Waals surface area contributed by atoms with Crippen molar-refractivity contribution in [3.05, 3.63) is 66.5 Å². The van der Waals surface area contributed by atoms with E-state index in [1.807, 2.05) is 36.0 Å². The lowest BCUT2D eigenvalue weighted by molar-refractivity contribution is -0.113. The molecule has 1 unspecified atom stereocenters. The minimum absolute atomic E-state index is 0.0891. The number of imidazole rings is 1. The Bertz CT molecular complexity index is 1150. The van der Waals surface area contributed by atoms with Gasteiger partial charge in [-0.05, 0) is 43.3 Å². The molecule has 34 heavy (non-hydrogen) atoms. The monoisotopic (exact) mass is 479 g/mol. The molecule has 0 saturated heterocycles. The van der Waals surface area contributed by atoms with Gasteiger partial charge in [-0.15, -0.1) is 0 Å². The molecule has 0 fully saturated rings. The van der Waals surface area contributed by atoms with Crippen LogP contribution in [0.5, 0.6) is 5.75 Å². The Morgan fingerprint density at radius 3 is 2.68 bits per heavy atom. The summed E-state index contributed by atoms with van der Waals surface area (Å²) in [6, 6.07) is 14.9. The van der Waals surface area contributed by atoms with Crippen LogP contribution in [0.15, 0.2) is 66.1 Å². The van der Waals surface area contributed by atoms with E-state index in [4.69, 9.17) is 4.74 Å². The van der Waals surface area contributed by atoms with Gasteiger partial charge >= 0.3 is 0 Å². The number of thioether (sulfide) groups is 1. The molecule has 178 valence electrons. The van der Waals surface area contributed by atoms with E-state index in [0.717, 1.165) is 29.7 Å². The number of benzene rings is 2. The summed E-state index contributed by atoms with van der Waals surface area (Å²) in [5.41, 5.74) is 2.30. The van der Waals surface area contributed by atoms with Crippen LogP contribution in [0.25, 0.3) is 0 Å². The molecule has 2 amide bonds. The number of hydrogen-bond acceptors (Lipinski definition) is 6. The van der Waals surface area contributed by atoms with Crippen LogP contribution in [0.2, 0.25) is 0 Å². The molecular weight excluding hydrogens is 450 g/mol. The Morgan fingerprint density at radius 1 is 1.21 bits per heavy atom. The molecule has 0 aliphatic carbocycles. The zero-order chi connectivity index (χ0) is 24.1. The molecule has 4 rings (SSSR count). The number of rotatable bonds is 8. The molecule has 3 aromatic rings. The second-order valence-electron chi connectivity index (χ2n) is 8.17. The van der Waals surface area contributed by atoms with Gasteiger partial charge in [0, 0.05) is 44.3 Å². The molecule has 8 nitrogen and oxygen atoms in total. The van der Waals surface area contributed by atoms with Crippen LogP contribution >= 0.6 is 11.8 Å². The highest BCUT2D eigenvalue weighted by molar-refractivity contribution is 7.99. The average molecular weight is 480 g/mol. The van der Waals surface area contributed by atoms with Gasteiger partial charge < -0.3 is 24.4 Å². The van der Waals surface area contributed by atoms with Gasteiger partial charge in [0.15, 0.2) is 5.16 Å². The average Bonchev–Trinajstić information content (AvgIpc) is 3.26. The number of carbonyl (C=O) groups excluding carboxylic acids is 2. The summed E-state index contributed by atoms with van der Waals surface area (Å²) in [5, 5.41) is 3.64. The summed E-state index contributed by atoms with van der Waals surface area (Å²) in [6.45, 7) is 4.20. The molecule has 0 saturated carbocycles. The van der Waals surface area contributed by atoms with E-state index < -0.39 is 0 Å². The molecule has 0 bridgehead atoms. The van der Waals surface area contributed by atoms with Crippen LogP contribution in [0, 0.1) is 0 Å². The van der Waals surface area contributed by atoms with E-state index in [9.17, 15) is 9.59 Å². The third-order valence-electron chi connectivity index (χ3n) is 5.65. The van der Waals surface area contributed by atoms with E-state index in [0.29, 0.717) is 17.8 Å². The van der Waals surface area contributed by atoms with E-state index >= 15 is 0 Å². The van der Waals surface area contributed by atoms with Gasteiger partial charge in [0.2, 0.25) is 5.91 Å². The van der Waals surface area contributed by atoms with Crippen molar-refractivity contribution in [3.63, 3.8) is 0 Å². The Morgan fingerprint density at radius 2 is 1.97 bits per heavy atom. The van der Waals surface area contributed by atoms with Crippen LogP contribution in [-0.2, 0) is 11.8 Å². The largest absolute Gasteiger partial charge is 0.485 e. The normalized spacial score (nSPS) is 14.8. The van der Waals surface area contributed by atoms with Gasteiger partial charge in [-0.3, -0.25) is 9.59 Å². The zero-order valence-electron chi connectivity index (χ0n) is 19.6. The summed E-state index contributed by atoms with van der Waals surface area (Å²) in [6.07, 6.45) is 3.43. The number of aryl methyl sites for hydroxylation is 1. The number of ether oxygens (including phenoxy) is 1. The van der Waals surface area contributed by atoms with Gasteiger partial charge in [-0.25, -0.2) is 4.98 Å². The quantitative estimate of drug-likeness (QED) is 0.498. The highest BCUT2D eigenvalue weighted by Crippen LogP contribution is 2.33. The number of hydrogen-bond donors (Lipinski definition) is 1. The molecule has 0 radical (unpaired) electrons. The van der Waals surface area contributed by atoms with E-state index in [2.05, 4.69) is 28.2 Å². The number of para-hydroxylation sites is 2. The van der Waals surface area contributed by atoms with Gasteiger partial charge in [0.05, 0.1) is 24.5 Å². The second kappa shape index (κ2) is 10.6. The van der Waals surface area contributed by atoms with E-state index in [1.54, 1.807) is 42.4 Å². The predicted molar refractivity (Wildman–Crippen MR) is 135 cm³/mol. The first kappa shape index (κ1) is 23.7. The molecule has 1 aromatic heterocycles. The lowest BCUT2D eigenvalue weighted by atomic mass is 10.1. The summed E-state index contributed by atoms with van der Waals surface area (Å²) in [5.74, 6) is 0.892. The number of nitrogens with zero attached hydrogens (tertiary/aromatic N) is 4. The van der Waals surface area contributed by atoms with Crippen molar-refractivity contribution in [3.8, 4) is 5.75 Å². The molecule has 2 aromatic carbocycles. The zero-order valence-corrected chi connectivity index (χ0v) is 20.4. The van der Waals surface area contributed by atoms with Crippen LogP contribution in [0.4, 0.5) is 11.4 Å². The Kier molecular flexibility index (Phi) is 7.42. The minimum Gasteiger partial charge on any atom is -0.485 e. The maximum atomic E-state index is 13.0. The van der Waals surface area contributed by atoms with Gasteiger partial charge in [0.1, 0.15) is 11.9 Å². The molecule has 1 atom stereocenters. The molecule has 9 heteroatoms. The highest BCUT2D eigenvalue weighted by Gasteiger charge is 2.27. The van der Waals surface area contributed by atoms with Crippen molar-refractivity contribution in [2.45, 2.75) is 18.2 Å². The van der Waals surface area contributed by atoms with Gasteiger partial charge in [-0.2, -0.15) is 0 Å². The standard InChI is InChI=1S/C25H29N5O3S/c1-4-30-16-20(33-22-8-6-5-7-21(22)30)15-29(3)24(32)18-9-11-19(12-10-18)27-23(31)17-34-25-26-13-14-28(25)2/h5-14,20H,4,15-17H2,1-3H3,(H,27,31). The lowest BCUT2D eigenvalue weighted by Crippen LogP contribution is -2.46. The van der Waals surface area contributed by atoms with Crippen molar-refractivity contribution in [1.82, 2.24) is 14.5 Å². The lowest BCUT2D eigenvalue weighted by Gasteiger charge is -2.37. The van der Waals surface area contributed by atoms with Crippen LogP contribution in [-0.4, -0.2) is 64.8 Å². The number of nitrogens with one attached hydrogen (secondary N) is 1. The number of amides is 2.